The summed E-state index contributed by atoms with van der Waals surface area (Å²) >= 11 is 0. The number of rotatable bonds is 3. The van der Waals surface area contributed by atoms with Gasteiger partial charge in [-0.25, -0.2) is 0 Å². The molecule has 0 amide bonds. The minimum absolute atomic E-state index is 0.0972. The van der Waals surface area contributed by atoms with E-state index in [1.165, 1.54) is 0 Å². The van der Waals surface area contributed by atoms with Gasteiger partial charge < -0.3 is 14.0 Å². The zero-order chi connectivity index (χ0) is 15.0. The first-order valence-corrected chi connectivity index (χ1v) is 6.84. The summed E-state index contributed by atoms with van der Waals surface area (Å²) in [6.07, 6.45) is 0.387. The summed E-state index contributed by atoms with van der Waals surface area (Å²) < 4.78 is 16.5. The highest BCUT2D eigenvalue weighted by atomic mass is 16.5. The van der Waals surface area contributed by atoms with E-state index >= 15 is 0 Å². The fourth-order valence-electron chi connectivity index (χ4n) is 2.37. The number of hydrogen-bond acceptors (Lipinski definition) is 5. The fraction of sp³-hybridized carbons (Fsp3) is 0.375. The van der Waals surface area contributed by atoms with E-state index in [1.807, 2.05) is 26.8 Å². The maximum Gasteiger partial charge on any atom is 0.170 e. The third kappa shape index (κ3) is 2.91. The van der Waals surface area contributed by atoms with E-state index in [0.717, 1.165) is 11.5 Å². The first-order valence-electron chi connectivity index (χ1n) is 6.84. The average molecular weight is 287 g/mol. The number of Topliss-reactive ketones (excluding diaryl/α,β-unsaturated/α-hetero) is 1. The molecule has 3 rings (SSSR count). The van der Waals surface area contributed by atoms with Gasteiger partial charge in [0.15, 0.2) is 5.78 Å². The van der Waals surface area contributed by atoms with Gasteiger partial charge in [-0.2, -0.15) is 0 Å². The lowest BCUT2D eigenvalue weighted by atomic mass is 9.93. The van der Waals surface area contributed by atoms with Gasteiger partial charge in [0.05, 0.1) is 12.0 Å². The van der Waals surface area contributed by atoms with Crippen LogP contribution in [-0.4, -0.2) is 16.5 Å². The van der Waals surface area contributed by atoms with Gasteiger partial charge in [-0.05, 0) is 32.9 Å². The minimum Gasteiger partial charge on any atom is -0.487 e. The van der Waals surface area contributed by atoms with Crippen LogP contribution in [0.3, 0.4) is 0 Å². The number of aryl methyl sites for hydroxylation is 1. The lowest BCUT2D eigenvalue weighted by Crippen LogP contribution is -2.35. The van der Waals surface area contributed by atoms with Gasteiger partial charge in [0, 0.05) is 12.1 Å². The summed E-state index contributed by atoms with van der Waals surface area (Å²) in [5, 5.41) is 3.87. The number of benzene rings is 1. The zero-order valence-corrected chi connectivity index (χ0v) is 12.3. The molecule has 0 saturated heterocycles. The van der Waals surface area contributed by atoms with Crippen LogP contribution in [-0.2, 0) is 6.61 Å². The Morgan fingerprint density at radius 2 is 2.14 bits per heavy atom. The second-order valence-corrected chi connectivity index (χ2v) is 5.84. The van der Waals surface area contributed by atoms with Gasteiger partial charge in [0.25, 0.3) is 0 Å². The average Bonchev–Trinajstić information content (AvgIpc) is 2.80. The van der Waals surface area contributed by atoms with Crippen molar-refractivity contribution in [3.8, 4) is 11.5 Å². The Labute approximate surface area is 122 Å². The molecule has 0 atom stereocenters. The second kappa shape index (κ2) is 4.91. The molecule has 1 aromatic heterocycles. The van der Waals surface area contributed by atoms with E-state index in [9.17, 15) is 4.79 Å². The number of nitrogens with zero attached hydrogens (tertiary/aromatic N) is 1. The Morgan fingerprint density at radius 3 is 2.86 bits per heavy atom. The molecule has 0 aliphatic carbocycles. The number of fused-ring (bicyclic) bond motifs is 1. The molecule has 5 heteroatoms. The van der Waals surface area contributed by atoms with Gasteiger partial charge in [-0.1, -0.05) is 5.16 Å². The molecular weight excluding hydrogens is 270 g/mol. The van der Waals surface area contributed by atoms with Gasteiger partial charge >= 0.3 is 0 Å². The lowest BCUT2D eigenvalue weighted by molar-refractivity contribution is 0.0618. The molecular formula is C16H17NO4. The number of hydrogen-bond donors (Lipinski definition) is 0. The van der Waals surface area contributed by atoms with E-state index in [0.29, 0.717) is 30.1 Å². The molecule has 0 fully saturated rings. The lowest BCUT2D eigenvalue weighted by Gasteiger charge is -2.31. The molecule has 2 aromatic rings. The van der Waals surface area contributed by atoms with Crippen LogP contribution in [0.4, 0.5) is 0 Å². The van der Waals surface area contributed by atoms with Crippen molar-refractivity contribution in [2.45, 2.75) is 39.4 Å². The molecule has 0 spiro atoms. The predicted molar refractivity (Wildman–Crippen MR) is 75.7 cm³/mol. The quantitative estimate of drug-likeness (QED) is 0.866. The van der Waals surface area contributed by atoms with Gasteiger partial charge in [-0.3, -0.25) is 4.79 Å². The highest BCUT2D eigenvalue weighted by molar-refractivity contribution is 6.00. The Hall–Kier alpha value is -2.30. The van der Waals surface area contributed by atoms with E-state index in [-0.39, 0.29) is 5.78 Å². The van der Waals surface area contributed by atoms with Crippen LogP contribution in [0.25, 0.3) is 0 Å². The molecule has 21 heavy (non-hydrogen) atoms. The van der Waals surface area contributed by atoms with Crippen molar-refractivity contribution in [1.82, 2.24) is 5.16 Å². The van der Waals surface area contributed by atoms with Crippen LogP contribution in [0.1, 0.15) is 42.1 Å². The normalized spacial score (nSPS) is 16.2. The number of carbonyl (C=O) groups excluding carboxylic acids is 1. The summed E-state index contributed by atoms with van der Waals surface area (Å²) in [7, 11) is 0. The van der Waals surface area contributed by atoms with Crippen molar-refractivity contribution in [2.75, 3.05) is 0 Å². The number of ketones is 1. The third-order valence-corrected chi connectivity index (χ3v) is 3.29. The summed E-state index contributed by atoms with van der Waals surface area (Å²) in [6, 6.07) is 7.09. The first kappa shape index (κ1) is 13.7. The maximum absolute atomic E-state index is 12.1. The van der Waals surface area contributed by atoms with Crippen LogP contribution < -0.4 is 9.47 Å². The Kier molecular flexibility index (Phi) is 3.20. The van der Waals surface area contributed by atoms with E-state index in [4.69, 9.17) is 14.0 Å². The van der Waals surface area contributed by atoms with E-state index in [2.05, 4.69) is 5.16 Å². The van der Waals surface area contributed by atoms with Crippen molar-refractivity contribution in [2.24, 2.45) is 0 Å². The molecule has 0 radical (unpaired) electrons. The molecule has 5 nitrogen and oxygen atoms in total. The number of carbonyl (C=O) groups is 1. The number of ether oxygens (including phenoxy) is 2. The zero-order valence-electron chi connectivity index (χ0n) is 12.3. The number of aromatic nitrogens is 1. The van der Waals surface area contributed by atoms with Crippen molar-refractivity contribution in [1.29, 1.82) is 0 Å². The van der Waals surface area contributed by atoms with Crippen LogP contribution in [0, 0.1) is 6.92 Å². The molecule has 110 valence electrons. The highest BCUT2D eigenvalue weighted by Crippen LogP contribution is 2.35. The van der Waals surface area contributed by atoms with Crippen molar-refractivity contribution in [3.05, 3.63) is 41.3 Å². The minimum atomic E-state index is -0.480. The Morgan fingerprint density at radius 1 is 1.33 bits per heavy atom. The molecule has 0 unspecified atom stereocenters. The van der Waals surface area contributed by atoms with Gasteiger partial charge in [0.1, 0.15) is 35.2 Å². The summed E-state index contributed by atoms with van der Waals surface area (Å²) in [5.41, 5.74) is 0.854. The molecule has 1 aromatic carbocycles. The standard InChI is InChI=1S/C16H17NO4/c1-10-6-11(17-21-10)9-19-12-4-5-13-14(18)8-16(2,3)20-15(13)7-12/h4-7H,8-9H2,1-3H3. The van der Waals surface area contributed by atoms with Crippen molar-refractivity contribution in [3.63, 3.8) is 0 Å². The summed E-state index contributed by atoms with van der Waals surface area (Å²) in [6.45, 7) is 5.95. The predicted octanol–water partition coefficient (Wildman–Crippen LogP) is 3.31. The van der Waals surface area contributed by atoms with Crippen LogP contribution in [0.15, 0.2) is 28.8 Å². The molecule has 0 N–H and O–H groups in total. The third-order valence-electron chi connectivity index (χ3n) is 3.29. The molecule has 1 aliphatic heterocycles. The molecule has 0 bridgehead atoms. The molecule has 0 saturated carbocycles. The van der Waals surface area contributed by atoms with E-state index in [1.54, 1.807) is 18.2 Å². The Balaban J connectivity index is 1.78. The first-order chi connectivity index (χ1) is 9.93. The summed E-state index contributed by atoms with van der Waals surface area (Å²) in [5.74, 6) is 2.06. The van der Waals surface area contributed by atoms with Gasteiger partial charge in [0.2, 0.25) is 0 Å². The molecule has 2 heterocycles. The fourth-order valence-corrected chi connectivity index (χ4v) is 2.37. The monoisotopic (exact) mass is 287 g/mol. The SMILES string of the molecule is Cc1cc(COc2ccc3c(c2)OC(C)(C)CC3=O)no1. The smallest absolute Gasteiger partial charge is 0.170 e. The van der Waals surface area contributed by atoms with Crippen LogP contribution >= 0.6 is 0 Å². The molecule has 1 aliphatic rings. The topological polar surface area (TPSA) is 61.6 Å². The van der Waals surface area contributed by atoms with Crippen LogP contribution in [0.2, 0.25) is 0 Å². The van der Waals surface area contributed by atoms with Crippen molar-refractivity contribution < 1.29 is 18.8 Å². The summed E-state index contributed by atoms with van der Waals surface area (Å²) in [4.78, 5) is 12.1. The second-order valence-electron chi connectivity index (χ2n) is 5.84. The maximum atomic E-state index is 12.1. The highest BCUT2D eigenvalue weighted by Gasteiger charge is 2.32. The van der Waals surface area contributed by atoms with Crippen LogP contribution in [0.5, 0.6) is 11.5 Å². The Bertz CT molecular complexity index is 687. The van der Waals surface area contributed by atoms with Gasteiger partial charge in [-0.15, -0.1) is 0 Å². The van der Waals surface area contributed by atoms with Crippen molar-refractivity contribution >= 4 is 5.78 Å². The largest absolute Gasteiger partial charge is 0.487 e. The van der Waals surface area contributed by atoms with E-state index < -0.39 is 5.60 Å².